The van der Waals surface area contributed by atoms with E-state index in [0.717, 1.165) is 25.7 Å². The molecule has 2 rings (SSSR count). The number of carbonyl (C=O) groups is 2. The molecule has 0 spiro atoms. The molecule has 0 saturated carbocycles. The van der Waals surface area contributed by atoms with Crippen LogP contribution in [0.5, 0.6) is 0 Å². The molecule has 2 heterocycles. The van der Waals surface area contributed by atoms with Gasteiger partial charge in [0.2, 0.25) is 0 Å². The Labute approximate surface area is 140 Å². The van der Waals surface area contributed by atoms with Crippen molar-refractivity contribution in [2.24, 2.45) is 0 Å². The van der Waals surface area contributed by atoms with Crippen LogP contribution in [0.15, 0.2) is 48.8 Å². The largest absolute Gasteiger partial charge is 0.461 e. The summed E-state index contributed by atoms with van der Waals surface area (Å²) in [5.41, 5.74) is 0.637. The van der Waals surface area contributed by atoms with Crippen LogP contribution in [0.2, 0.25) is 0 Å². The maximum absolute atomic E-state index is 11.6. The highest BCUT2D eigenvalue weighted by atomic mass is 16.5. The zero-order valence-electron chi connectivity index (χ0n) is 13.4. The van der Waals surface area contributed by atoms with Crippen LogP contribution in [0, 0.1) is 0 Å². The number of unbranched alkanes of at least 4 members (excludes halogenated alkanes) is 3. The third-order valence-corrected chi connectivity index (χ3v) is 3.25. The lowest BCUT2D eigenvalue weighted by atomic mass is 10.2. The molecular weight excluding hydrogens is 308 g/mol. The Kier molecular flexibility index (Phi) is 7.40. The first-order valence-corrected chi connectivity index (χ1v) is 7.93. The van der Waals surface area contributed by atoms with Gasteiger partial charge in [-0.25, -0.2) is 19.6 Å². The molecule has 2 aromatic rings. The minimum Gasteiger partial charge on any atom is -0.461 e. The molecule has 0 aromatic carbocycles. The fourth-order valence-corrected chi connectivity index (χ4v) is 2.00. The number of pyridine rings is 2. The Morgan fingerprint density at radius 1 is 0.708 bits per heavy atom. The van der Waals surface area contributed by atoms with Crippen LogP contribution in [-0.2, 0) is 9.47 Å². The van der Waals surface area contributed by atoms with Crippen LogP contribution in [0.1, 0.15) is 46.7 Å². The number of hydrogen-bond acceptors (Lipinski definition) is 6. The smallest absolute Gasteiger partial charge is 0.356 e. The normalized spacial score (nSPS) is 10.2. The van der Waals surface area contributed by atoms with E-state index < -0.39 is 11.9 Å². The Morgan fingerprint density at radius 3 is 1.54 bits per heavy atom. The number of esters is 2. The molecule has 126 valence electrons. The summed E-state index contributed by atoms with van der Waals surface area (Å²) in [6.45, 7) is 0.728. The quantitative estimate of drug-likeness (QED) is 0.520. The lowest BCUT2D eigenvalue weighted by Crippen LogP contribution is -2.09. The van der Waals surface area contributed by atoms with E-state index in [4.69, 9.17) is 9.47 Å². The Balaban J connectivity index is 1.48. The molecule has 0 N–H and O–H groups in total. The summed E-state index contributed by atoms with van der Waals surface area (Å²) in [6.07, 6.45) is 6.46. The number of carbonyl (C=O) groups excluding carboxylic acids is 2. The second-order valence-electron chi connectivity index (χ2n) is 5.12. The second kappa shape index (κ2) is 10.1. The van der Waals surface area contributed by atoms with E-state index in [1.165, 1.54) is 0 Å². The molecule has 0 atom stereocenters. The van der Waals surface area contributed by atoms with Crippen molar-refractivity contribution in [1.82, 2.24) is 9.97 Å². The van der Waals surface area contributed by atoms with Gasteiger partial charge in [0.1, 0.15) is 11.4 Å². The summed E-state index contributed by atoms with van der Waals surface area (Å²) in [4.78, 5) is 31.1. The van der Waals surface area contributed by atoms with Crippen molar-refractivity contribution in [2.75, 3.05) is 13.2 Å². The van der Waals surface area contributed by atoms with E-state index in [2.05, 4.69) is 9.97 Å². The lowest BCUT2D eigenvalue weighted by Gasteiger charge is -2.05. The number of ether oxygens (including phenoxy) is 2. The molecule has 0 aliphatic rings. The number of nitrogens with zero attached hydrogens (tertiary/aromatic N) is 2. The minimum atomic E-state index is -0.403. The maximum atomic E-state index is 11.6. The summed E-state index contributed by atoms with van der Waals surface area (Å²) in [5, 5.41) is 0. The van der Waals surface area contributed by atoms with Crippen molar-refractivity contribution >= 4 is 11.9 Å². The molecule has 0 aliphatic heterocycles. The topological polar surface area (TPSA) is 78.4 Å². The molecular formula is C18H20N2O4. The van der Waals surface area contributed by atoms with Gasteiger partial charge in [-0.15, -0.1) is 0 Å². The molecule has 0 radical (unpaired) electrons. The molecule has 0 bridgehead atoms. The van der Waals surface area contributed by atoms with Gasteiger partial charge >= 0.3 is 11.9 Å². The van der Waals surface area contributed by atoms with Gasteiger partial charge < -0.3 is 9.47 Å². The lowest BCUT2D eigenvalue weighted by molar-refractivity contribution is 0.0467. The van der Waals surface area contributed by atoms with E-state index in [-0.39, 0.29) is 0 Å². The molecule has 0 fully saturated rings. The Morgan fingerprint density at radius 2 is 1.17 bits per heavy atom. The molecule has 0 saturated heterocycles. The van der Waals surface area contributed by atoms with Gasteiger partial charge in [-0.1, -0.05) is 12.1 Å². The number of hydrogen-bond donors (Lipinski definition) is 0. The SMILES string of the molecule is O=C(OCCCCCCOC(=O)c1ccccn1)c1ccccn1. The van der Waals surface area contributed by atoms with Crippen LogP contribution in [0.3, 0.4) is 0 Å². The van der Waals surface area contributed by atoms with Gasteiger partial charge in [0.05, 0.1) is 13.2 Å². The van der Waals surface area contributed by atoms with E-state index in [1.807, 2.05) is 0 Å². The third-order valence-electron chi connectivity index (χ3n) is 3.25. The van der Waals surface area contributed by atoms with Crippen LogP contribution in [0.25, 0.3) is 0 Å². The average molecular weight is 328 g/mol. The van der Waals surface area contributed by atoms with Crippen LogP contribution in [-0.4, -0.2) is 35.1 Å². The van der Waals surface area contributed by atoms with Gasteiger partial charge in [0.25, 0.3) is 0 Å². The first-order chi connectivity index (χ1) is 11.8. The fraction of sp³-hybridized carbons (Fsp3) is 0.333. The molecule has 24 heavy (non-hydrogen) atoms. The monoisotopic (exact) mass is 328 g/mol. The Hall–Kier alpha value is -2.76. The summed E-state index contributed by atoms with van der Waals surface area (Å²) < 4.78 is 10.3. The van der Waals surface area contributed by atoms with E-state index in [9.17, 15) is 9.59 Å². The van der Waals surface area contributed by atoms with Crippen molar-refractivity contribution in [3.8, 4) is 0 Å². The fourth-order valence-electron chi connectivity index (χ4n) is 2.00. The third kappa shape index (κ3) is 6.16. The predicted octanol–water partition coefficient (Wildman–Crippen LogP) is 3.05. The van der Waals surface area contributed by atoms with Crippen molar-refractivity contribution in [2.45, 2.75) is 25.7 Å². The predicted molar refractivity (Wildman–Crippen MR) is 87.5 cm³/mol. The Bertz CT molecular complexity index is 574. The van der Waals surface area contributed by atoms with Crippen LogP contribution >= 0.6 is 0 Å². The maximum Gasteiger partial charge on any atom is 0.356 e. The summed E-state index contributed by atoms with van der Waals surface area (Å²) in [6, 6.07) is 10.2. The molecule has 2 aromatic heterocycles. The standard InChI is InChI=1S/C18H20N2O4/c21-17(15-9-3-5-11-19-15)23-13-7-1-2-8-14-24-18(22)16-10-4-6-12-20-16/h3-6,9-12H,1-2,7-8,13-14H2. The zero-order valence-corrected chi connectivity index (χ0v) is 13.4. The van der Waals surface area contributed by atoms with Gasteiger partial charge in [0, 0.05) is 12.4 Å². The van der Waals surface area contributed by atoms with Gasteiger partial charge in [-0.3, -0.25) is 0 Å². The molecule has 6 heteroatoms. The van der Waals surface area contributed by atoms with Crippen LogP contribution < -0.4 is 0 Å². The van der Waals surface area contributed by atoms with E-state index >= 15 is 0 Å². The highest BCUT2D eigenvalue weighted by molar-refractivity contribution is 5.87. The molecule has 6 nitrogen and oxygen atoms in total. The van der Waals surface area contributed by atoms with E-state index in [0.29, 0.717) is 24.6 Å². The number of aromatic nitrogens is 2. The van der Waals surface area contributed by atoms with Crippen molar-refractivity contribution in [3.63, 3.8) is 0 Å². The van der Waals surface area contributed by atoms with Crippen LogP contribution in [0.4, 0.5) is 0 Å². The highest BCUT2D eigenvalue weighted by Gasteiger charge is 2.08. The van der Waals surface area contributed by atoms with E-state index in [1.54, 1.807) is 48.8 Å². The average Bonchev–Trinajstić information content (AvgIpc) is 2.65. The first kappa shape index (κ1) is 17.6. The summed E-state index contributed by atoms with van der Waals surface area (Å²) >= 11 is 0. The number of rotatable bonds is 9. The summed E-state index contributed by atoms with van der Waals surface area (Å²) in [7, 11) is 0. The van der Waals surface area contributed by atoms with Crippen molar-refractivity contribution in [3.05, 3.63) is 60.2 Å². The summed E-state index contributed by atoms with van der Waals surface area (Å²) in [5.74, 6) is -0.806. The molecule has 0 aliphatic carbocycles. The molecule has 0 unspecified atom stereocenters. The van der Waals surface area contributed by atoms with Gasteiger partial charge in [-0.05, 0) is 49.9 Å². The van der Waals surface area contributed by atoms with Gasteiger partial charge in [-0.2, -0.15) is 0 Å². The molecule has 0 amide bonds. The second-order valence-corrected chi connectivity index (χ2v) is 5.12. The van der Waals surface area contributed by atoms with Crippen molar-refractivity contribution in [1.29, 1.82) is 0 Å². The minimum absolute atomic E-state index is 0.318. The van der Waals surface area contributed by atoms with Gasteiger partial charge in [0.15, 0.2) is 0 Å². The highest BCUT2D eigenvalue weighted by Crippen LogP contribution is 2.04. The van der Waals surface area contributed by atoms with Crippen molar-refractivity contribution < 1.29 is 19.1 Å². The zero-order chi connectivity index (χ0) is 17.0. The first-order valence-electron chi connectivity index (χ1n) is 7.93.